The molecule has 0 aliphatic rings. The summed E-state index contributed by atoms with van der Waals surface area (Å²) in [7, 11) is 0. The zero-order valence-corrected chi connectivity index (χ0v) is 11.2. The molecule has 0 atom stereocenters. The summed E-state index contributed by atoms with van der Waals surface area (Å²) in [5, 5.41) is 6.18. The van der Waals surface area contributed by atoms with Gasteiger partial charge in [0.25, 0.3) is 0 Å². The fourth-order valence-electron chi connectivity index (χ4n) is 1.78. The maximum atomic E-state index is 11.5. The highest BCUT2D eigenvalue weighted by atomic mass is 16.1. The number of amides is 1. The molecule has 0 saturated heterocycles. The van der Waals surface area contributed by atoms with Crippen LogP contribution < -0.4 is 10.6 Å². The van der Waals surface area contributed by atoms with E-state index in [9.17, 15) is 4.79 Å². The molecule has 18 heavy (non-hydrogen) atoms. The molecule has 2 N–H and O–H groups in total. The molecule has 0 radical (unpaired) electrons. The van der Waals surface area contributed by atoms with Crippen molar-refractivity contribution < 1.29 is 4.79 Å². The Kier molecular flexibility index (Phi) is 7.89. The van der Waals surface area contributed by atoms with Gasteiger partial charge in [-0.05, 0) is 31.4 Å². The first-order valence-corrected chi connectivity index (χ1v) is 6.84. The minimum absolute atomic E-state index is 0.157. The van der Waals surface area contributed by atoms with Crippen LogP contribution in [0.1, 0.15) is 31.7 Å². The van der Waals surface area contributed by atoms with Gasteiger partial charge in [0.2, 0.25) is 5.91 Å². The molecule has 0 fully saturated rings. The van der Waals surface area contributed by atoms with Crippen LogP contribution >= 0.6 is 0 Å². The molecule has 1 aromatic carbocycles. The maximum absolute atomic E-state index is 11.5. The third-order valence-electron chi connectivity index (χ3n) is 2.76. The van der Waals surface area contributed by atoms with Crippen molar-refractivity contribution in [2.45, 2.75) is 32.6 Å². The summed E-state index contributed by atoms with van der Waals surface area (Å²) >= 11 is 0. The lowest BCUT2D eigenvalue weighted by molar-refractivity contribution is -0.121. The molecule has 0 heterocycles. The predicted molar refractivity (Wildman–Crippen MR) is 75.6 cm³/mol. The van der Waals surface area contributed by atoms with Gasteiger partial charge in [0.05, 0.1) is 0 Å². The van der Waals surface area contributed by atoms with Crippen molar-refractivity contribution in [3.8, 4) is 0 Å². The van der Waals surface area contributed by atoms with Crippen LogP contribution in [-0.4, -0.2) is 25.5 Å². The summed E-state index contributed by atoms with van der Waals surface area (Å²) < 4.78 is 0. The SMILES string of the molecule is CCCNCCNC(=O)CCCc1ccccc1. The second-order valence-electron chi connectivity index (χ2n) is 4.44. The Balaban J connectivity index is 2.00. The van der Waals surface area contributed by atoms with Crippen LogP contribution in [0.5, 0.6) is 0 Å². The normalized spacial score (nSPS) is 10.3. The largest absolute Gasteiger partial charge is 0.355 e. The number of hydrogen-bond donors (Lipinski definition) is 2. The zero-order valence-electron chi connectivity index (χ0n) is 11.2. The van der Waals surface area contributed by atoms with Crippen molar-refractivity contribution in [2.24, 2.45) is 0 Å². The van der Waals surface area contributed by atoms with E-state index < -0.39 is 0 Å². The van der Waals surface area contributed by atoms with Crippen molar-refractivity contribution in [1.29, 1.82) is 0 Å². The van der Waals surface area contributed by atoms with Crippen LogP contribution in [0.2, 0.25) is 0 Å². The Bertz CT molecular complexity index is 325. The monoisotopic (exact) mass is 248 g/mol. The number of rotatable bonds is 9. The second-order valence-corrected chi connectivity index (χ2v) is 4.44. The van der Waals surface area contributed by atoms with Gasteiger partial charge in [-0.15, -0.1) is 0 Å². The smallest absolute Gasteiger partial charge is 0.220 e. The average Bonchev–Trinajstić information content (AvgIpc) is 2.40. The van der Waals surface area contributed by atoms with Gasteiger partial charge in [-0.3, -0.25) is 4.79 Å². The number of carbonyl (C=O) groups is 1. The number of benzene rings is 1. The molecule has 0 aromatic heterocycles. The highest BCUT2D eigenvalue weighted by molar-refractivity contribution is 5.75. The van der Waals surface area contributed by atoms with Gasteiger partial charge < -0.3 is 10.6 Å². The lowest BCUT2D eigenvalue weighted by Gasteiger charge is -2.06. The predicted octanol–water partition coefficient (Wildman–Crippen LogP) is 2.13. The van der Waals surface area contributed by atoms with Crippen LogP contribution in [0.4, 0.5) is 0 Å². The summed E-state index contributed by atoms with van der Waals surface area (Å²) in [4.78, 5) is 11.5. The van der Waals surface area contributed by atoms with Crippen molar-refractivity contribution in [1.82, 2.24) is 10.6 Å². The van der Waals surface area contributed by atoms with E-state index in [4.69, 9.17) is 0 Å². The van der Waals surface area contributed by atoms with Gasteiger partial charge >= 0.3 is 0 Å². The Morgan fingerprint density at radius 2 is 1.89 bits per heavy atom. The van der Waals surface area contributed by atoms with Crippen LogP contribution in [0.25, 0.3) is 0 Å². The molecule has 1 aromatic rings. The number of hydrogen-bond acceptors (Lipinski definition) is 2. The molecule has 0 saturated carbocycles. The highest BCUT2D eigenvalue weighted by Gasteiger charge is 2.00. The van der Waals surface area contributed by atoms with Crippen molar-refractivity contribution in [2.75, 3.05) is 19.6 Å². The number of carbonyl (C=O) groups excluding carboxylic acids is 1. The topological polar surface area (TPSA) is 41.1 Å². The summed E-state index contributed by atoms with van der Waals surface area (Å²) in [5.41, 5.74) is 1.30. The van der Waals surface area contributed by atoms with Crippen molar-refractivity contribution in [3.63, 3.8) is 0 Å². The quantitative estimate of drug-likeness (QED) is 0.657. The molecule has 0 aliphatic carbocycles. The molecule has 0 aliphatic heterocycles. The number of nitrogens with one attached hydrogen (secondary N) is 2. The van der Waals surface area contributed by atoms with E-state index in [0.717, 1.165) is 38.9 Å². The Labute approximate surface area is 110 Å². The summed E-state index contributed by atoms with van der Waals surface area (Å²) in [6.45, 7) is 4.74. The molecule has 0 spiro atoms. The van der Waals surface area contributed by atoms with Gasteiger partial charge in [0.15, 0.2) is 0 Å². The van der Waals surface area contributed by atoms with Gasteiger partial charge in [-0.2, -0.15) is 0 Å². The van der Waals surface area contributed by atoms with E-state index in [1.807, 2.05) is 18.2 Å². The summed E-state index contributed by atoms with van der Waals surface area (Å²) in [6.07, 6.45) is 3.63. The first kappa shape index (κ1) is 14.7. The van der Waals surface area contributed by atoms with Gasteiger partial charge in [0.1, 0.15) is 0 Å². The first-order chi connectivity index (χ1) is 8.83. The van der Waals surface area contributed by atoms with Crippen LogP contribution in [0.3, 0.4) is 0 Å². The third-order valence-corrected chi connectivity index (χ3v) is 2.76. The van der Waals surface area contributed by atoms with Crippen LogP contribution in [0.15, 0.2) is 30.3 Å². The average molecular weight is 248 g/mol. The highest BCUT2D eigenvalue weighted by Crippen LogP contribution is 2.04. The molecular formula is C15H24N2O. The van der Waals surface area contributed by atoms with E-state index in [-0.39, 0.29) is 5.91 Å². The molecule has 3 heteroatoms. The molecule has 1 rings (SSSR count). The van der Waals surface area contributed by atoms with Crippen LogP contribution in [-0.2, 0) is 11.2 Å². The summed E-state index contributed by atoms with van der Waals surface area (Å²) in [6, 6.07) is 10.3. The lowest BCUT2D eigenvalue weighted by atomic mass is 10.1. The standard InChI is InChI=1S/C15H24N2O/c1-2-11-16-12-13-17-15(18)10-6-9-14-7-4-3-5-8-14/h3-5,7-8,16H,2,6,9-13H2,1H3,(H,17,18). The Morgan fingerprint density at radius 1 is 1.11 bits per heavy atom. The van der Waals surface area contributed by atoms with Crippen molar-refractivity contribution in [3.05, 3.63) is 35.9 Å². The Hall–Kier alpha value is -1.35. The summed E-state index contributed by atoms with van der Waals surface area (Å²) in [5.74, 6) is 0.157. The van der Waals surface area contributed by atoms with Gasteiger partial charge in [-0.25, -0.2) is 0 Å². The Morgan fingerprint density at radius 3 is 2.61 bits per heavy atom. The van der Waals surface area contributed by atoms with E-state index in [2.05, 4.69) is 29.7 Å². The van der Waals surface area contributed by atoms with Gasteiger partial charge in [-0.1, -0.05) is 37.3 Å². The van der Waals surface area contributed by atoms with Gasteiger partial charge in [0, 0.05) is 19.5 Å². The fourth-order valence-corrected chi connectivity index (χ4v) is 1.78. The molecule has 0 unspecified atom stereocenters. The molecular weight excluding hydrogens is 224 g/mol. The minimum Gasteiger partial charge on any atom is -0.355 e. The number of aryl methyl sites for hydroxylation is 1. The van der Waals surface area contributed by atoms with E-state index in [1.165, 1.54) is 5.56 Å². The van der Waals surface area contributed by atoms with E-state index in [1.54, 1.807) is 0 Å². The first-order valence-electron chi connectivity index (χ1n) is 6.84. The maximum Gasteiger partial charge on any atom is 0.220 e. The third kappa shape index (κ3) is 7.07. The van der Waals surface area contributed by atoms with Crippen molar-refractivity contribution >= 4 is 5.91 Å². The van der Waals surface area contributed by atoms with Crippen LogP contribution in [0, 0.1) is 0 Å². The minimum atomic E-state index is 0.157. The zero-order chi connectivity index (χ0) is 13.1. The molecule has 100 valence electrons. The molecule has 3 nitrogen and oxygen atoms in total. The lowest BCUT2D eigenvalue weighted by Crippen LogP contribution is -2.31. The van der Waals surface area contributed by atoms with E-state index >= 15 is 0 Å². The second kappa shape index (κ2) is 9.66. The molecule has 0 bridgehead atoms. The fraction of sp³-hybridized carbons (Fsp3) is 0.533. The van der Waals surface area contributed by atoms with E-state index in [0.29, 0.717) is 6.42 Å². The molecule has 1 amide bonds.